The molecular weight excluding hydrogens is 687 g/mol. The molecule has 11 aromatic rings. The number of benzene rings is 10. The van der Waals surface area contributed by atoms with Crippen LogP contribution in [0.1, 0.15) is 0 Å². The van der Waals surface area contributed by atoms with Gasteiger partial charge in [0.2, 0.25) is 0 Å². The van der Waals surface area contributed by atoms with Crippen molar-refractivity contribution >= 4 is 43.4 Å². The van der Waals surface area contributed by atoms with Crippen LogP contribution in [0.25, 0.3) is 105 Å². The molecule has 0 N–H and O–H groups in total. The van der Waals surface area contributed by atoms with E-state index < -0.39 is 0 Å². The molecule has 0 aliphatic heterocycles. The summed E-state index contributed by atoms with van der Waals surface area (Å²) in [5.41, 5.74) is 15.9. The SMILES string of the molecule is c1ccc(-c2ccc(-c3c4ccccc4c(-c4ccc(-n5c6ccccc6c6cc(-c7cccc(-c8ccccc8)c7)ccc65)cc4)c4ccccc34)cc2)cc1. The van der Waals surface area contributed by atoms with Gasteiger partial charge >= 0.3 is 0 Å². The minimum absolute atomic E-state index is 1.15. The van der Waals surface area contributed by atoms with Crippen LogP contribution in [0.2, 0.25) is 0 Å². The van der Waals surface area contributed by atoms with Gasteiger partial charge in [0.15, 0.2) is 0 Å². The minimum atomic E-state index is 1.15. The van der Waals surface area contributed by atoms with E-state index in [-0.39, 0.29) is 0 Å². The van der Waals surface area contributed by atoms with E-state index in [0.717, 1.165) is 5.69 Å². The molecule has 0 fully saturated rings. The van der Waals surface area contributed by atoms with E-state index in [1.54, 1.807) is 0 Å². The Morgan fingerprint density at radius 3 is 1.16 bits per heavy atom. The molecule has 0 atom stereocenters. The molecule has 0 aliphatic rings. The van der Waals surface area contributed by atoms with Crippen LogP contribution in [0, 0.1) is 0 Å². The van der Waals surface area contributed by atoms with Crippen LogP contribution in [0.5, 0.6) is 0 Å². The van der Waals surface area contributed by atoms with E-state index >= 15 is 0 Å². The monoisotopic (exact) mass is 723 g/mol. The van der Waals surface area contributed by atoms with Crippen LogP contribution in [-0.2, 0) is 0 Å². The van der Waals surface area contributed by atoms with Crippen molar-refractivity contribution in [3.05, 3.63) is 224 Å². The van der Waals surface area contributed by atoms with Gasteiger partial charge in [-0.05, 0) is 114 Å². The molecule has 0 aliphatic carbocycles. The van der Waals surface area contributed by atoms with Crippen LogP contribution in [-0.4, -0.2) is 4.57 Å². The van der Waals surface area contributed by atoms with Crippen molar-refractivity contribution in [1.29, 1.82) is 0 Å². The zero-order chi connectivity index (χ0) is 37.7. The maximum atomic E-state index is 2.41. The topological polar surface area (TPSA) is 4.93 Å². The molecule has 0 unspecified atom stereocenters. The van der Waals surface area contributed by atoms with Gasteiger partial charge in [0.05, 0.1) is 11.0 Å². The zero-order valence-corrected chi connectivity index (χ0v) is 31.3. The van der Waals surface area contributed by atoms with Gasteiger partial charge in [-0.2, -0.15) is 0 Å². The summed E-state index contributed by atoms with van der Waals surface area (Å²) in [6, 6.07) is 81.9. The zero-order valence-electron chi connectivity index (χ0n) is 31.3. The quantitative estimate of drug-likeness (QED) is 0.151. The normalized spacial score (nSPS) is 11.5. The van der Waals surface area contributed by atoms with Crippen molar-refractivity contribution in [1.82, 2.24) is 4.57 Å². The maximum Gasteiger partial charge on any atom is 0.0541 e. The molecule has 1 nitrogen and oxygen atoms in total. The molecular formula is C56H37N. The van der Waals surface area contributed by atoms with Crippen LogP contribution >= 0.6 is 0 Å². The number of hydrogen-bond donors (Lipinski definition) is 0. The number of fused-ring (bicyclic) bond motifs is 5. The highest BCUT2D eigenvalue weighted by Crippen LogP contribution is 2.44. The average Bonchev–Trinajstić information content (AvgIpc) is 3.62. The lowest BCUT2D eigenvalue weighted by molar-refractivity contribution is 1.18. The highest BCUT2D eigenvalue weighted by atomic mass is 15.0. The van der Waals surface area contributed by atoms with Gasteiger partial charge in [0.25, 0.3) is 0 Å². The summed E-state index contributed by atoms with van der Waals surface area (Å²) in [6.45, 7) is 0. The summed E-state index contributed by atoms with van der Waals surface area (Å²) in [5, 5.41) is 7.54. The number of hydrogen-bond acceptors (Lipinski definition) is 0. The van der Waals surface area contributed by atoms with Crippen molar-refractivity contribution in [3.63, 3.8) is 0 Å². The third kappa shape index (κ3) is 5.63. The fourth-order valence-electron chi connectivity index (χ4n) is 8.93. The predicted molar refractivity (Wildman–Crippen MR) is 243 cm³/mol. The number of para-hydroxylation sites is 1. The summed E-state index contributed by atoms with van der Waals surface area (Å²) in [5.74, 6) is 0. The fraction of sp³-hybridized carbons (Fsp3) is 0. The number of rotatable bonds is 6. The highest BCUT2D eigenvalue weighted by Gasteiger charge is 2.18. The summed E-state index contributed by atoms with van der Waals surface area (Å²) in [7, 11) is 0. The summed E-state index contributed by atoms with van der Waals surface area (Å²) >= 11 is 0. The Morgan fingerprint density at radius 2 is 0.579 bits per heavy atom. The second-order valence-electron chi connectivity index (χ2n) is 14.9. The molecule has 10 aromatic carbocycles. The Kier molecular flexibility index (Phi) is 7.89. The molecule has 11 rings (SSSR count). The van der Waals surface area contributed by atoms with E-state index in [9.17, 15) is 0 Å². The van der Waals surface area contributed by atoms with E-state index in [1.165, 1.54) is 99.0 Å². The van der Waals surface area contributed by atoms with Crippen molar-refractivity contribution in [2.24, 2.45) is 0 Å². The van der Waals surface area contributed by atoms with Gasteiger partial charge < -0.3 is 4.57 Å². The molecule has 0 radical (unpaired) electrons. The molecule has 1 heterocycles. The van der Waals surface area contributed by atoms with Crippen LogP contribution in [0.4, 0.5) is 0 Å². The molecule has 266 valence electrons. The van der Waals surface area contributed by atoms with Gasteiger partial charge in [0.1, 0.15) is 0 Å². The van der Waals surface area contributed by atoms with E-state index in [1.807, 2.05) is 0 Å². The number of nitrogens with zero attached hydrogens (tertiary/aromatic N) is 1. The van der Waals surface area contributed by atoms with Crippen LogP contribution in [0.3, 0.4) is 0 Å². The van der Waals surface area contributed by atoms with E-state index in [2.05, 4.69) is 229 Å². The molecule has 57 heavy (non-hydrogen) atoms. The van der Waals surface area contributed by atoms with Gasteiger partial charge in [0, 0.05) is 16.5 Å². The van der Waals surface area contributed by atoms with Gasteiger partial charge in [-0.3, -0.25) is 0 Å². The third-order valence-corrected chi connectivity index (χ3v) is 11.6. The summed E-state index contributed by atoms with van der Waals surface area (Å²) in [6.07, 6.45) is 0. The lowest BCUT2D eigenvalue weighted by Gasteiger charge is -2.18. The van der Waals surface area contributed by atoms with Crippen molar-refractivity contribution < 1.29 is 0 Å². The molecule has 1 aromatic heterocycles. The first-order chi connectivity index (χ1) is 28.3. The van der Waals surface area contributed by atoms with Crippen molar-refractivity contribution in [2.45, 2.75) is 0 Å². The molecule has 0 amide bonds. The van der Waals surface area contributed by atoms with Gasteiger partial charge in [-0.25, -0.2) is 0 Å². The first-order valence-corrected chi connectivity index (χ1v) is 19.7. The van der Waals surface area contributed by atoms with Crippen molar-refractivity contribution in [2.75, 3.05) is 0 Å². The Hall–Kier alpha value is -7.48. The van der Waals surface area contributed by atoms with E-state index in [0.29, 0.717) is 0 Å². The Morgan fingerprint density at radius 1 is 0.211 bits per heavy atom. The Labute approximate surface area is 332 Å². The van der Waals surface area contributed by atoms with Crippen molar-refractivity contribution in [3.8, 4) is 61.3 Å². The molecule has 1 heteroatoms. The highest BCUT2D eigenvalue weighted by molar-refractivity contribution is 6.21. The fourth-order valence-corrected chi connectivity index (χ4v) is 8.93. The van der Waals surface area contributed by atoms with Gasteiger partial charge in [-0.1, -0.05) is 188 Å². The second-order valence-corrected chi connectivity index (χ2v) is 14.9. The molecule has 0 bridgehead atoms. The second kappa shape index (κ2) is 13.7. The van der Waals surface area contributed by atoms with Crippen LogP contribution < -0.4 is 0 Å². The largest absolute Gasteiger partial charge is 0.309 e. The smallest absolute Gasteiger partial charge is 0.0541 e. The van der Waals surface area contributed by atoms with E-state index in [4.69, 9.17) is 0 Å². The molecule has 0 saturated carbocycles. The predicted octanol–water partition coefficient (Wildman–Crippen LogP) is 15.4. The Balaban J connectivity index is 1.02. The molecule has 0 saturated heterocycles. The number of aromatic nitrogens is 1. The molecule has 0 spiro atoms. The lowest BCUT2D eigenvalue weighted by atomic mass is 9.85. The third-order valence-electron chi connectivity index (χ3n) is 11.6. The summed E-state index contributed by atoms with van der Waals surface area (Å²) in [4.78, 5) is 0. The minimum Gasteiger partial charge on any atom is -0.309 e. The summed E-state index contributed by atoms with van der Waals surface area (Å²) < 4.78 is 2.41. The van der Waals surface area contributed by atoms with Gasteiger partial charge in [-0.15, -0.1) is 0 Å². The van der Waals surface area contributed by atoms with Crippen LogP contribution in [0.15, 0.2) is 224 Å². The Bertz CT molecular complexity index is 3190. The first kappa shape index (κ1) is 32.9. The average molecular weight is 724 g/mol. The lowest BCUT2D eigenvalue weighted by Crippen LogP contribution is -1.95. The standard InChI is InChI=1S/C56H37N/c1-3-14-38(15-4-1)40-26-28-41(29-27-40)55-48-21-7-9-23-50(48)56(51-24-10-8-22-49(51)55)42-30-33-46(34-31-42)57-53-25-12-11-20-47(53)52-37-45(32-35-54(52)57)44-19-13-18-43(36-44)39-16-5-2-6-17-39/h1-37H. The maximum absolute atomic E-state index is 2.41. The first-order valence-electron chi connectivity index (χ1n) is 19.7.